The van der Waals surface area contributed by atoms with E-state index in [4.69, 9.17) is 17.3 Å². The van der Waals surface area contributed by atoms with E-state index in [1.807, 2.05) is 4.90 Å². The minimum Gasteiger partial charge on any atom is -0.356 e. The van der Waals surface area contributed by atoms with Gasteiger partial charge in [0.05, 0.1) is 5.02 Å². The van der Waals surface area contributed by atoms with Crippen molar-refractivity contribution in [2.45, 2.75) is 13.3 Å². The molecule has 0 spiro atoms. The minimum absolute atomic E-state index is 0.00377. The zero-order chi connectivity index (χ0) is 11.8. The summed E-state index contributed by atoms with van der Waals surface area (Å²) in [4.78, 5) is 16.8. The van der Waals surface area contributed by atoms with Gasteiger partial charge in [-0.05, 0) is 24.4 Å². The molecule has 0 saturated carbocycles. The number of rotatable bonds is 2. The Hall–Kier alpha value is -1.00. The summed E-state index contributed by atoms with van der Waals surface area (Å²) in [7, 11) is 0. The second-order valence-electron chi connectivity index (χ2n) is 4.72. The Morgan fingerprint density at radius 2 is 2.50 bits per heavy atom. The highest BCUT2D eigenvalue weighted by Gasteiger charge is 2.35. The van der Waals surface area contributed by atoms with E-state index in [2.05, 4.69) is 11.9 Å². The zero-order valence-electron chi connectivity index (χ0n) is 9.29. The number of likely N-dealkylation sites (tertiary alicyclic amines) is 1. The lowest BCUT2D eigenvalue weighted by Crippen LogP contribution is -2.34. The smallest absolute Gasteiger partial charge is 0.270 e. The van der Waals surface area contributed by atoms with E-state index in [1.54, 1.807) is 12.3 Å². The van der Waals surface area contributed by atoms with Crippen LogP contribution in [0.25, 0.3) is 0 Å². The Bertz CT molecular complexity index is 404. The van der Waals surface area contributed by atoms with Crippen molar-refractivity contribution in [1.82, 2.24) is 9.88 Å². The summed E-state index contributed by atoms with van der Waals surface area (Å²) in [5.41, 5.74) is 6.32. The van der Waals surface area contributed by atoms with Crippen molar-refractivity contribution in [1.29, 1.82) is 0 Å². The maximum absolute atomic E-state index is 12.1. The Kier molecular flexibility index (Phi) is 2.95. The molecule has 1 amide bonds. The Labute approximate surface area is 99.8 Å². The Morgan fingerprint density at radius 3 is 3.00 bits per heavy atom. The number of nitrogens with zero attached hydrogens (tertiary/aromatic N) is 1. The number of amides is 1. The quantitative estimate of drug-likeness (QED) is 0.824. The van der Waals surface area contributed by atoms with Crippen molar-refractivity contribution in [2.75, 3.05) is 19.6 Å². The van der Waals surface area contributed by atoms with Crippen molar-refractivity contribution in [2.24, 2.45) is 11.1 Å². The fourth-order valence-corrected chi connectivity index (χ4v) is 2.19. The van der Waals surface area contributed by atoms with Gasteiger partial charge in [-0.2, -0.15) is 0 Å². The number of aromatic amines is 1. The van der Waals surface area contributed by atoms with Gasteiger partial charge in [-0.25, -0.2) is 0 Å². The fraction of sp³-hybridized carbons (Fsp3) is 0.545. The van der Waals surface area contributed by atoms with Gasteiger partial charge in [-0.3, -0.25) is 4.79 Å². The van der Waals surface area contributed by atoms with Crippen LogP contribution in [0.1, 0.15) is 23.8 Å². The van der Waals surface area contributed by atoms with E-state index in [-0.39, 0.29) is 11.3 Å². The maximum Gasteiger partial charge on any atom is 0.270 e. The molecule has 1 fully saturated rings. The van der Waals surface area contributed by atoms with Crippen LogP contribution in [-0.4, -0.2) is 35.4 Å². The molecule has 3 N–H and O–H groups in total. The molecule has 1 aliphatic heterocycles. The number of halogens is 1. The number of carbonyl (C=O) groups excluding carboxylic acids is 1. The van der Waals surface area contributed by atoms with Crippen molar-refractivity contribution in [3.63, 3.8) is 0 Å². The fourth-order valence-electron chi connectivity index (χ4n) is 2.03. The molecule has 0 aromatic carbocycles. The van der Waals surface area contributed by atoms with Gasteiger partial charge in [0, 0.05) is 19.3 Å². The van der Waals surface area contributed by atoms with Crippen LogP contribution >= 0.6 is 11.6 Å². The average molecular weight is 242 g/mol. The topological polar surface area (TPSA) is 62.1 Å². The third-order valence-corrected chi connectivity index (χ3v) is 3.43. The molecule has 0 radical (unpaired) electrons. The number of carbonyl (C=O) groups is 1. The highest BCUT2D eigenvalue weighted by atomic mass is 35.5. The van der Waals surface area contributed by atoms with Crippen LogP contribution in [-0.2, 0) is 0 Å². The van der Waals surface area contributed by atoms with Crippen LogP contribution in [0.5, 0.6) is 0 Å². The molecule has 1 atom stereocenters. The van der Waals surface area contributed by atoms with E-state index >= 15 is 0 Å². The van der Waals surface area contributed by atoms with Crippen LogP contribution in [0.3, 0.4) is 0 Å². The number of nitrogens with one attached hydrogen (secondary N) is 1. The van der Waals surface area contributed by atoms with Crippen LogP contribution in [0.4, 0.5) is 0 Å². The lowest BCUT2D eigenvalue weighted by molar-refractivity contribution is 0.0772. The second-order valence-corrected chi connectivity index (χ2v) is 5.16. The Balaban J connectivity index is 2.08. The number of hydrogen-bond acceptors (Lipinski definition) is 2. The van der Waals surface area contributed by atoms with Crippen LogP contribution in [0, 0.1) is 5.41 Å². The van der Waals surface area contributed by atoms with Crippen molar-refractivity contribution < 1.29 is 4.79 Å². The molecule has 0 bridgehead atoms. The molecule has 1 aromatic heterocycles. The lowest BCUT2D eigenvalue weighted by atomic mass is 9.90. The third kappa shape index (κ3) is 2.08. The molecule has 88 valence electrons. The maximum atomic E-state index is 12.1. The van der Waals surface area contributed by atoms with Gasteiger partial charge in [0.15, 0.2) is 0 Å². The van der Waals surface area contributed by atoms with E-state index in [0.29, 0.717) is 17.3 Å². The SMILES string of the molecule is CC1(CN)CCN(C(=O)c2cc(Cl)c[nH]2)C1. The molecule has 4 nitrogen and oxygen atoms in total. The van der Waals surface area contributed by atoms with Gasteiger partial charge in [0.25, 0.3) is 5.91 Å². The van der Waals surface area contributed by atoms with Crippen LogP contribution in [0.15, 0.2) is 12.3 Å². The molecule has 1 aliphatic rings. The van der Waals surface area contributed by atoms with Gasteiger partial charge in [0.1, 0.15) is 5.69 Å². The van der Waals surface area contributed by atoms with Crippen molar-refractivity contribution >= 4 is 17.5 Å². The lowest BCUT2D eigenvalue weighted by Gasteiger charge is -2.22. The molecule has 0 aliphatic carbocycles. The minimum atomic E-state index is 0.00377. The van der Waals surface area contributed by atoms with Gasteiger partial charge in [0.2, 0.25) is 0 Å². The molecule has 2 rings (SSSR count). The van der Waals surface area contributed by atoms with Crippen LogP contribution in [0.2, 0.25) is 5.02 Å². The number of hydrogen-bond donors (Lipinski definition) is 2. The third-order valence-electron chi connectivity index (χ3n) is 3.22. The molecule has 2 heterocycles. The summed E-state index contributed by atoms with van der Waals surface area (Å²) < 4.78 is 0. The highest BCUT2D eigenvalue weighted by molar-refractivity contribution is 6.30. The first-order valence-electron chi connectivity index (χ1n) is 5.37. The summed E-state index contributed by atoms with van der Waals surface area (Å²) in [5.74, 6) is 0.00377. The second kappa shape index (κ2) is 4.11. The zero-order valence-corrected chi connectivity index (χ0v) is 10.0. The standard InChI is InChI=1S/C11H16ClN3O/c1-11(6-13)2-3-15(7-11)10(16)9-4-8(12)5-14-9/h4-5,14H,2-3,6-7,13H2,1H3. The summed E-state index contributed by atoms with van der Waals surface area (Å²) in [6, 6.07) is 1.65. The van der Waals surface area contributed by atoms with Crippen molar-refractivity contribution in [3.8, 4) is 0 Å². The molecule has 5 heteroatoms. The first kappa shape index (κ1) is 11.5. The molecule has 1 saturated heterocycles. The molecular formula is C11H16ClN3O. The van der Waals surface area contributed by atoms with Gasteiger partial charge >= 0.3 is 0 Å². The summed E-state index contributed by atoms with van der Waals surface area (Å²) in [6.45, 7) is 4.21. The highest BCUT2D eigenvalue weighted by Crippen LogP contribution is 2.29. The number of H-pyrrole nitrogens is 1. The van der Waals surface area contributed by atoms with Gasteiger partial charge in [-0.15, -0.1) is 0 Å². The predicted octanol–water partition coefficient (Wildman–Crippen LogP) is 1.48. The summed E-state index contributed by atoms with van der Waals surface area (Å²) in [6.07, 6.45) is 2.58. The normalized spacial score (nSPS) is 25.1. The first-order chi connectivity index (χ1) is 7.54. The average Bonchev–Trinajstić information content (AvgIpc) is 2.85. The largest absolute Gasteiger partial charge is 0.356 e. The van der Waals surface area contributed by atoms with Gasteiger partial charge < -0.3 is 15.6 Å². The molecule has 16 heavy (non-hydrogen) atoms. The molecule has 1 aromatic rings. The summed E-state index contributed by atoms with van der Waals surface area (Å²) in [5, 5.41) is 0.559. The van der Waals surface area contributed by atoms with Crippen LogP contribution < -0.4 is 5.73 Å². The predicted molar refractivity (Wildman–Crippen MR) is 63.5 cm³/mol. The summed E-state index contributed by atoms with van der Waals surface area (Å²) >= 11 is 5.77. The Morgan fingerprint density at radius 1 is 1.75 bits per heavy atom. The van der Waals surface area contributed by atoms with E-state index in [1.165, 1.54) is 0 Å². The van der Waals surface area contributed by atoms with Gasteiger partial charge in [-0.1, -0.05) is 18.5 Å². The van der Waals surface area contributed by atoms with Crippen molar-refractivity contribution in [3.05, 3.63) is 23.0 Å². The molecule has 1 unspecified atom stereocenters. The number of aromatic nitrogens is 1. The van der Waals surface area contributed by atoms with E-state index < -0.39 is 0 Å². The molecular weight excluding hydrogens is 226 g/mol. The van der Waals surface area contributed by atoms with E-state index in [0.717, 1.165) is 19.5 Å². The van der Waals surface area contributed by atoms with E-state index in [9.17, 15) is 4.79 Å². The monoisotopic (exact) mass is 241 g/mol. The number of nitrogens with two attached hydrogens (primary N) is 1. The first-order valence-corrected chi connectivity index (χ1v) is 5.75.